The molecule has 0 bridgehead atoms. The molecule has 0 radical (unpaired) electrons. The molecule has 4 nitrogen and oxygen atoms in total. The van der Waals surface area contributed by atoms with Crippen LogP contribution in [0.4, 0.5) is 0 Å². The number of hydrogen-bond donors (Lipinski definition) is 1. The van der Waals surface area contributed by atoms with Crippen LogP contribution in [0.2, 0.25) is 0 Å². The molecule has 1 atom stereocenters. The zero-order chi connectivity index (χ0) is 13.5. The second kappa shape index (κ2) is 4.57. The predicted octanol–water partition coefficient (Wildman–Crippen LogP) is 1.64. The highest BCUT2D eigenvalue weighted by molar-refractivity contribution is 6.25. The van der Waals surface area contributed by atoms with Crippen LogP contribution in [0.3, 0.4) is 0 Å². The summed E-state index contributed by atoms with van der Waals surface area (Å²) < 4.78 is 0. The Morgan fingerprint density at radius 3 is 2.61 bits per heavy atom. The maximum absolute atomic E-state index is 12.5. The van der Waals surface area contributed by atoms with Crippen molar-refractivity contribution in [3.63, 3.8) is 0 Å². The Morgan fingerprint density at radius 1 is 1.50 bits per heavy atom. The molecule has 100 valence electrons. The topological polar surface area (TPSA) is 49.4 Å². The van der Waals surface area contributed by atoms with Crippen LogP contribution < -0.4 is 5.32 Å². The second-order valence-corrected chi connectivity index (χ2v) is 5.95. The third-order valence-corrected chi connectivity index (χ3v) is 4.11. The van der Waals surface area contributed by atoms with E-state index in [2.05, 4.69) is 5.32 Å². The van der Waals surface area contributed by atoms with Gasteiger partial charge < -0.3 is 10.2 Å². The van der Waals surface area contributed by atoms with E-state index in [1.165, 1.54) is 5.54 Å². The fraction of sp³-hybridized carbons (Fsp3) is 0.692. The van der Waals surface area contributed by atoms with E-state index in [-0.39, 0.29) is 17.9 Å². The third kappa shape index (κ3) is 2.26. The number of hydrogen-bond acceptors (Lipinski definition) is 2. The number of halogens is 1. The van der Waals surface area contributed by atoms with Gasteiger partial charge in [0.1, 0.15) is 11.6 Å². The van der Waals surface area contributed by atoms with Gasteiger partial charge in [0.15, 0.2) is 0 Å². The van der Waals surface area contributed by atoms with Gasteiger partial charge in [-0.25, -0.2) is 0 Å². The Hall–Kier alpha value is -1.03. The molecule has 1 aliphatic carbocycles. The van der Waals surface area contributed by atoms with Crippen LogP contribution >= 0.6 is 11.6 Å². The van der Waals surface area contributed by atoms with Crippen LogP contribution in [0.15, 0.2) is 11.1 Å². The highest BCUT2D eigenvalue weighted by Crippen LogP contribution is 2.36. The van der Waals surface area contributed by atoms with E-state index in [0.717, 1.165) is 18.4 Å². The van der Waals surface area contributed by atoms with Crippen molar-refractivity contribution in [3.8, 4) is 0 Å². The highest BCUT2D eigenvalue weighted by Gasteiger charge is 2.50. The lowest BCUT2D eigenvalue weighted by Crippen LogP contribution is -2.69. The number of amides is 2. The monoisotopic (exact) mass is 270 g/mol. The second-order valence-electron chi connectivity index (χ2n) is 5.73. The van der Waals surface area contributed by atoms with E-state index in [1.807, 2.05) is 6.92 Å². The summed E-state index contributed by atoms with van der Waals surface area (Å²) >= 11 is 5.66. The minimum absolute atomic E-state index is 0.0139. The summed E-state index contributed by atoms with van der Waals surface area (Å²) in [4.78, 5) is 26.2. The van der Waals surface area contributed by atoms with Crippen LogP contribution in [-0.4, -0.2) is 34.8 Å². The summed E-state index contributed by atoms with van der Waals surface area (Å²) in [6.45, 7) is 5.80. The number of carbonyl (C=O) groups is 2. The largest absolute Gasteiger partial charge is 0.342 e. The smallest absolute Gasteiger partial charge is 0.246 e. The molecule has 1 N–H and O–H groups in total. The van der Waals surface area contributed by atoms with Crippen molar-refractivity contribution < 1.29 is 9.59 Å². The molecule has 1 saturated carbocycles. The summed E-state index contributed by atoms with van der Waals surface area (Å²) in [6.07, 6.45) is 2.05. The SMILES string of the molecule is CC(=CCl)CN1C(=O)C(C2CC2)NC(=O)C1(C)C. The van der Waals surface area contributed by atoms with E-state index in [4.69, 9.17) is 11.6 Å². The maximum Gasteiger partial charge on any atom is 0.246 e. The van der Waals surface area contributed by atoms with Crippen molar-refractivity contribution in [3.05, 3.63) is 11.1 Å². The molecule has 2 rings (SSSR count). The minimum atomic E-state index is -0.816. The van der Waals surface area contributed by atoms with Crippen molar-refractivity contribution in [2.24, 2.45) is 5.92 Å². The van der Waals surface area contributed by atoms with Crippen LogP contribution in [0, 0.1) is 5.92 Å². The summed E-state index contributed by atoms with van der Waals surface area (Å²) in [6, 6.07) is -0.339. The number of carbonyl (C=O) groups excluding carboxylic acids is 2. The van der Waals surface area contributed by atoms with E-state index in [0.29, 0.717) is 12.5 Å². The van der Waals surface area contributed by atoms with Crippen LogP contribution in [0.5, 0.6) is 0 Å². The Labute approximate surface area is 112 Å². The number of rotatable bonds is 3. The third-order valence-electron chi connectivity index (χ3n) is 3.74. The van der Waals surface area contributed by atoms with E-state index >= 15 is 0 Å². The van der Waals surface area contributed by atoms with Gasteiger partial charge in [0.25, 0.3) is 0 Å². The van der Waals surface area contributed by atoms with Gasteiger partial charge in [0.05, 0.1) is 0 Å². The van der Waals surface area contributed by atoms with Crippen molar-refractivity contribution in [1.29, 1.82) is 0 Å². The number of nitrogens with one attached hydrogen (secondary N) is 1. The molecule has 0 aromatic heterocycles. The molecule has 0 aromatic carbocycles. The molecule has 1 aliphatic heterocycles. The molecule has 0 spiro atoms. The molecule has 0 aromatic rings. The molecule has 1 heterocycles. The Balaban J connectivity index is 2.24. The first-order valence-electron chi connectivity index (χ1n) is 6.26. The summed E-state index contributed by atoms with van der Waals surface area (Å²) in [5, 5.41) is 2.86. The fourth-order valence-electron chi connectivity index (χ4n) is 2.25. The van der Waals surface area contributed by atoms with Gasteiger partial charge in [-0.2, -0.15) is 0 Å². The van der Waals surface area contributed by atoms with Gasteiger partial charge in [0.2, 0.25) is 11.8 Å². The quantitative estimate of drug-likeness (QED) is 0.848. The molecule has 18 heavy (non-hydrogen) atoms. The molecular formula is C13H19ClN2O2. The van der Waals surface area contributed by atoms with Crippen molar-refractivity contribution in [2.75, 3.05) is 6.54 Å². The average molecular weight is 271 g/mol. The molecule has 2 aliphatic rings. The van der Waals surface area contributed by atoms with Crippen molar-refractivity contribution >= 4 is 23.4 Å². The lowest BCUT2D eigenvalue weighted by molar-refractivity contribution is -0.155. The van der Waals surface area contributed by atoms with Gasteiger partial charge in [-0.05, 0) is 45.1 Å². The van der Waals surface area contributed by atoms with Gasteiger partial charge in [-0.15, -0.1) is 0 Å². The van der Waals surface area contributed by atoms with Crippen molar-refractivity contribution in [1.82, 2.24) is 10.2 Å². The first kappa shape index (κ1) is 13.4. The Bertz CT molecular complexity index is 413. The normalized spacial score (nSPS) is 28.3. The van der Waals surface area contributed by atoms with Gasteiger partial charge >= 0.3 is 0 Å². The summed E-state index contributed by atoms with van der Waals surface area (Å²) in [5.41, 5.74) is 1.52. The molecule has 1 saturated heterocycles. The standard InChI is InChI=1S/C13H19ClN2O2/c1-8(6-14)7-16-11(17)10(9-4-5-9)15-12(18)13(16,2)3/h6,9-10H,4-5,7H2,1-3H3,(H,15,18). The van der Waals surface area contributed by atoms with Gasteiger partial charge in [-0.3, -0.25) is 9.59 Å². The van der Waals surface area contributed by atoms with Crippen molar-refractivity contribution in [2.45, 2.75) is 45.2 Å². The van der Waals surface area contributed by atoms with Gasteiger partial charge in [0, 0.05) is 12.1 Å². The van der Waals surface area contributed by atoms with E-state index < -0.39 is 5.54 Å². The minimum Gasteiger partial charge on any atom is -0.342 e. The van der Waals surface area contributed by atoms with Crippen LogP contribution in [-0.2, 0) is 9.59 Å². The first-order chi connectivity index (χ1) is 8.37. The zero-order valence-corrected chi connectivity index (χ0v) is 11.8. The first-order valence-corrected chi connectivity index (χ1v) is 6.70. The van der Waals surface area contributed by atoms with Crippen LogP contribution in [0.25, 0.3) is 0 Å². The van der Waals surface area contributed by atoms with E-state index in [1.54, 1.807) is 18.7 Å². The van der Waals surface area contributed by atoms with Gasteiger partial charge in [-0.1, -0.05) is 11.6 Å². The Kier molecular flexibility index (Phi) is 3.41. The number of piperazine rings is 1. The molecule has 5 heteroatoms. The lowest BCUT2D eigenvalue weighted by atomic mass is 9.93. The average Bonchev–Trinajstić information content (AvgIpc) is 3.13. The maximum atomic E-state index is 12.5. The fourth-order valence-corrected chi connectivity index (χ4v) is 2.32. The molecule has 2 fully saturated rings. The lowest BCUT2D eigenvalue weighted by Gasteiger charge is -2.44. The highest BCUT2D eigenvalue weighted by atomic mass is 35.5. The van der Waals surface area contributed by atoms with E-state index in [9.17, 15) is 9.59 Å². The molecule has 2 amide bonds. The summed E-state index contributed by atoms with van der Waals surface area (Å²) in [5.74, 6) is 0.252. The number of nitrogens with zero attached hydrogens (tertiary/aromatic N) is 1. The van der Waals surface area contributed by atoms with Crippen LogP contribution in [0.1, 0.15) is 33.6 Å². The Morgan fingerprint density at radius 2 is 2.11 bits per heavy atom. The molecular weight excluding hydrogens is 252 g/mol. The predicted molar refractivity (Wildman–Crippen MR) is 70.1 cm³/mol. The zero-order valence-electron chi connectivity index (χ0n) is 11.0. The summed E-state index contributed by atoms with van der Waals surface area (Å²) in [7, 11) is 0. The molecule has 1 unspecified atom stereocenters.